The molecular formula is C21H25N3O2S. The van der Waals surface area contributed by atoms with E-state index >= 15 is 0 Å². The summed E-state index contributed by atoms with van der Waals surface area (Å²) in [7, 11) is 0. The van der Waals surface area contributed by atoms with Crippen LogP contribution in [0, 0.1) is 6.92 Å². The summed E-state index contributed by atoms with van der Waals surface area (Å²) < 4.78 is 0. The molecule has 142 valence electrons. The Hall–Kier alpha value is -2.47. The second-order valence-electron chi connectivity index (χ2n) is 6.43. The first kappa shape index (κ1) is 19.3. The van der Waals surface area contributed by atoms with Gasteiger partial charge in [-0.05, 0) is 43.7 Å². The van der Waals surface area contributed by atoms with Crippen LogP contribution in [0.1, 0.15) is 22.8 Å². The van der Waals surface area contributed by atoms with Crippen LogP contribution in [0.4, 0.5) is 10.5 Å². The molecule has 3 rings (SSSR count). The second kappa shape index (κ2) is 8.95. The van der Waals surface area contributed by atoms with Crippen LogP contribution in [0.2, 0.25) is 0 Å². The standard InChI is InChI=1S/C21H25N3O2S/c1-3-23(13-14-27-18-7-5-4-6-8-18)20(25)17-10-9-16(2)19(15-17)24-12-11-22-21(24)26/h4-10,15H,3,11-14H2,1-2H3,(H,22,26). The average molecular weight is 384 g/mol. The van der Waals surface area contributed by atoms with Crippen molar-refractivity contribution in [1.82, 2.24) is 10.2 Å². The molecule has 5 nitrogen and oxygen atoms in total. The summed E-state index contributed by atoms with van der Waals surface area (Å²) in [5, 5.41) is 2.81. The van der Waals surface area contributed by atoms with Crippen LogP contribution < -0.4 is 10.2 Å². The van der Waals surface area contributed by atoms with Gasteiger partial charge in [-0.3, -0.25) is 9.69 Å². The topological polar surface area (TPSA) is 52.7 Å². The first-order valence-electron chi connectivity index (χ1n) is 9.23. The van der Waals surface area contributed by atoms with Crippen molar-refractivity contribution in [2.45, 2.75) is 18.7 Å². The van der Waals surface area contributed by atoms with Gasteiger partial charge in [0.1, 0.15) is 0 Å². The molecule has 1 N–H and O–H groups in total. The number of anilines is 1. The van der Waals surface area contributed by atoms with Gasteiger partial charge in [0.25, 0.3) is 5.91 Å². The van der Waals surface area contributed by atoms with Crippen molar-refractivity contribution in [3.05, 3.63) is 59.7 Å². The number of benzene rings is 2. The van der Waals surface area contributed by atoms with E-state index in [1.807, 2.05) is 55.1 Å². The number of urea groups is 1. The summed E-state index contributed by atoms with van der Waals surface area (Å²) in [6, 6.07) is 15.7. The van der Waals surface area contributed by atoms with Crippen LogP contribution in [-0.4, -0.2) is 48.8 Å². The van der Waals surface area contributed by atoms with E-state index in [1.54, 1.807) is 16.7 Å². The van der Waals surface area contributed by atoms with Crippen molar-refractivity contribution in [1.29, 1.82) is 0 Å². The van der Waals surface area contributed by atoms with Crippen LogP contribution in [0.3, 0.4) is 0 Å². The summed E-state index contributed by atoms with van der Waals surface area (Å²) in [5.74, 6) is 0.851. The number of thioether (sulfide) groups is 1. The third kappa shape index (κ3) is 4.63. The maximum atomic E-state index is 13.0. The molecule has 0 atom stereocenters. The predicted molar refractivity (Wildman–Crippen MR) is 111 cm³/mol. The zero-order valence-corrected chi connectivity index (χ0v) is 16.6. The SMILES string of the molecule is CCN(CCSc1ccccc1)C(=O)c1ccc(C)c(N2CCNC2=O)c1. The molecule has 3 amide bonds. The highest BCUT2D eigenvalue weighted by Crippen LogP contribution is 2.24. The first-order chi connectivity index (χ1) is 13.1. The Morgan fingerprint density at radius 2 is 2.00 bits per heavy atom. The summed E-state index contributed by atoms with van der Waals surface area (Å²) in [6.07, 6.45) is 0. The molecule has 1 fully saturated rings. The highest BCUT2D eigenvalue weighted by atomic mass is 32.2. The predicted octanol–water partition coefficient (Wildman–Crippen LogP) is 3.78. The maximum Gasteiger partial charge on any atom is 0.322 e. The molecule has 0 bridgehead atoms. The van der Waals surface area contributed by atoms with E-state index in [2.05, 4.69) is 17.4 Å². The van der Waals surface area contributed by atoms with Gasteiger partial charge in [-0.25, -0.2) is 4.79 Å². The third-order valence-corrected chi connectivity index (χ3v) is 5.64. The fourth-order valence-electron chi connectivity index (χ4n) is 3.11. The Bertz CT molecular complexity index is 810. The Kier molecular flexibility index (Phi) is 6.40. The minimum atomic E-state index is -0.102. The Morgan fingerprint density at radius 1 is 1.22 bits per heavy atom. The third-order valence-electron chi connectivity index (χ3n) is 4.65. The van der Waals surface area contributed by atoms with Gasteiger partial charge >= 0.3 is 6.03 Å². The fraction of sp³-hybridized carbons (Fsp3) is 0.333. The minimum absolute atomic E-state index is 0.00650. The number of hydrogen-bond donors (Lipinski definition) is 1. The van der Waals surface area contributed by atoms with Gasteiger partial charge in [0.15, 0.2) is 0 Å². The number of carbonyl (C=O) groups excluding carboxylic acids is 2. The minimum Gasteiger partial charge on any atom is -0.338 e. The van der Waals surface area contributed by atoms with Gasteiger partial charge in [-0.2, -0.15) is 0 Å². The van der Waals surface area contributed by atoms with Crippen LogP contribution in [0.25, 0.3) is 0 Å². The normalized spacial score (nSPS) is 13.6. The lowest BCUT2D eigenvalue weighted by Crippen LogP contribution is -2.33. The highest BCUT2D eigenvalue weighted by Gasteiger charge is 2.24. The lowest BCUT2D eigenvalue weighted by Gasteiger charge is -2.23. The van der Waals surface area contributed by atoms with Crippen LogP contribution in [-0.2, 0) is 0 Å². The van der Waals surface area contributed by atoms with E-state index in [-0.39, 0.29) is 11.9 Å². The first-order valence-corrected chi connectivity index (χ1v) is 10.2. The van der Waals surface area contributed by atoms with E-state index in [0.29, 0.717) is 31.7 Å². The van der Waals surface area contributed by atoms with Crippen molar-refractivity contribution < 1.29 is 9.59 Å². The lowest BCUT2D eigenvalue weighted by molar-refractivity contribution is 0.0774. The van der Waals surface area contributed by atoms with Gasteiger partial charge < -0.3 is 10.2 Å². The number of amides is 3. The molecule has 1 aliphatic heterocycles. The van der Waals surface area contributed by atoms with Crippen molar-refractivity contribution in [2.24, 2.45) is 0 Å². The summed E-state index contributed by atoms with van der Waals surface area (Å²) in [4.78, 5) is 29.7. The summed E-state index contributed by atoms with van der Waals surface area (Å²) >= 11 is 1.75. The number of carbonyl (C=O) groups is 2. The molecule has 1 aliphatic rings. The molecule has 2 aromatic rings. The molecule has 0 spiro atoms. The number of aryl methyl sites for hydroxylation is 1. The zero-order chi connectivity index (χ0) is 19.2. The summed E-state index contributed by atoms with van der Waals surface area (Å²) in [6.45, 7) is 6.55. The molecule has 1 heterocycles. The maximum absolute atomic E-state index is 13.0. The van der Waals surface area contributed by atoms with Crippen molar-refractivity contribution >= 4 is 29.4 Å². The fourth-order valence-corrected chi connectivity index (χ4v) is 4.01. The van der Waals surface area contributed by atoms with E-state index in [1.165, 1.54) is 4.90 Å². The van der Waals surface area contributed by atoms with E-state index in [0.717, 1.165) is 17.0 Å². The van der Waals surface area contributed by atoms with Gasteiger partial charge in [0, 0.05) is 48.1 Å². The Balaban J connectivity index is 1.68. The van der Waals surface area contributed by atoms with E-state index in [4.69, 9.17) is 0 Å². The van der Waals surface area contributed by atoms with Crippen LogP contribution >= 0.6 is 11.8 Å². The number of nitrogens with zero attached hydrogens (tertiary/aromatic N) is 2. The van der Waals surface area contributed by atoms with Gasteiger partial charge in [-0.15, -0.1) is 11.8 Å². The van der Waals surface area contributed by atoms with E-state index < -0.39 is 0 Å². The number of nitrogens with one attached hydrogen (secondary N) is 1. The molecule has 0 aromatic heterocycles. The molecule has 0 aliphatic carbocycles. The molecule has 0 unspecified atom stereocenters. The van der Waals surface area contributed by atoms with Crippen molar-refractivity contribution in [2.75, 3.05) is 36.8 Å². The molecule has 0 radical (unpaired) electrons. The number of rotatable bonds is 7. The average Bonchev–Trinajstić information content (AvgIpc) is 3.12. The van der Waals surface area contributed by atoms with E-state index in [9.17, 15) is 9.59 Å². The monoisotopic (exact) mass is 383 g/mol. The second-order valence-corrected chi connectivity index (χ2v) is 7.60. The number of hydrogen-bond acceptors (Lipinski definition) is 3. The molecule has 27 heavy (non-hydrogen) atoms. The van der Waals surface area contributed by atoms with Gasteiger partial charge in [0.2, 0.25) is 0 Å². The zero-order valence-electron chi connectivity index (χ0n) is 15.8. The molecule has 6 heteroatoms. The smallest absolute Gasteiger partial charge is 0.322 e. The van der Waals surface area contributed by atoms with Gasteiger partial charge in [-0.1, -0.05) is 24.3 Å². The van der Waals surface area contributed by atoms with Crippen molar-refractivity contribution in [3.8, 4) is 0 Å². The van der Waals surface area contributed by atoms with Gasteiger partial charge in [0.05, 0.1) is 0 Å². The summed E-state index contributed by atoms with van der Waals surface area (Å²) in [5.41, 5.74) is 2.43. The molecule has 0 saturated carbocycles. The molecular weight excluding hydrogens is 358 g/mol. The Morgan fingerprint density at radius 3 is 2.67 bits per heavy atom. The van der Waals surface area contributed by atoms with Crippen LogP contribution in [0.5, 0.6) is 0 Å². The van der Waals surface area contributed by atoms with Crippen molar-refractivity contribution in [3.63, 3.8) is 0 Å². The Labute approximate surface area is 164 Å². The van der Waals surface area contributed by atoms with Crippen LogP contribution in [0.15, 0.2) is 53.4 Å². The largest absolute Gasteiger partial charge is 0.338 e. The molecule has 2 aromatic carbocycles. The molecule has 1 saturated heterocycles. The lowest BCUT2D eigenvalue weighted by atomic mass is 10.1. The highest BCUT2D eigenvalue weighted by molar-refractivity contribution is 7.99. The quantitative estimate of drug-likeness (QED) is 0.741.